The normalized spacial score (nSPS) is 14.4. The van der Waals surface area contributed by atoms with Crippen molar-refractivity contribution in [3.05, 3.63) is 0 Å². The molecule has 3 N–H and O–H groups in total. The third-order valence-corrected chi connectivity index (χ3v) is 22.9. The van der Waals surface area contributed by atoms with Crippen LogP contribution in [-0.2, 0) is 65.4 Å². The second-order valence-corrected chi connectivity index (χ2v) is 35.6. The molecule has 0 aromatic carbocycles. The third-order valence-electron chi connectivity index (χ3n) is 21.0. The number of carbonyl (C=O) groups excluding carboxylic acids is 4. The predicted molar refractivity (Wildman–Crippen MR) is 437 cm³/mol. The number of ether oxygens (including phenoxy) is 4. The molecule has 0 aliphatic heterocycles. The molecule has 0 aromatic rings. The Labute approximate surface area is 651 Å². The molecular formula is C87H170O17P2. The lowest BCUT2D eigenvalue weighted by molar-refractivity contribution is -0.161. The van der Waals surface area contributed by atoms with Crippen molar-refractivity contribution in [2.24, 2.45) is 23.7 Å². The van der Waals surface area contributed by atoms with E-state index in [9.17, 15) is 43.2 Å². The lowest BCUT2D eigenvalue weighted by Gasteiger charge is -2.21. The van der Waals surface area contributed by atoms with Gasteiger partial charge in [0.1, 0.15) is 19.3 Å². The quantitative estimate of drug-likeness (QED) is 0.0222. The molecule has 0 rings (SSSR count). The molecule has 7 atom stereocenters. The summed E-state index contributed by atoms with van der Waals surface area (Å²) in [5.41, 5.74) is 0. The summed E-state index contributed by atoms with van der Waals surface area (Å²) in [6, 6.07) is 0. The molecular weight excluding hydrogens is 1380 g/mol. The highest BCUT2D eigenvalue weighted by Crippen LogP contribution is 2.45. The van der Waals surface area contributed by atoms with Crippen molar-refractivity contribution in [1.29, 1.82) is 0 Å². The van der Waals surface area contributed by atoms with Gasteiger partial charge in [0.05, 0.1) is 26.4 Å². The second kappa shape index (κ2) is 75.7. The number of esters is 4. The Hall–Kier alpha value is -1.94. The minimum Gasteiger partial charge on any atom is -0.462 e. The van der Waals surface area contributed by atoms with Crippen molar-refractivity contribution in [3.63, 3.8) is 0 Å². The van der Waals surface area contributed by atoms with Gasteiger partial charge in [-0.15, -0.1) is 0 Å². The summed E-state index contributed by atoms with van der Waals surface area (Å²) in [5.74, 6) is 1.09. The van der Waals surface area contributed by atoms with Gasteiger partial charge in [0.25, 0.3) is 0 Å². The van der Waals surface area contributed by atoms with Crippen molar-refractivity contribution in [3.8, 4) is 0 Å². The van der Waals surface area contributed by atoms with Crippen LogP contribution in [0.15, 0.2) is 0 Å². The Morgan fingerprint density at radius 2 is 0.453 bits per heavy atom. The van der Waals surface area contributed by atoms with Crippen LogP contribution in [0.3, 0.4) is 0 Å². The molecule has 0 fully saturated rings. The first-order valence-corrected chi connectivity index (χ1v) is 47.8. The fraction of sp³-hybridized carbons (Fsp3) is 0.954. The van der Waals surface area contributed by atoms with Gasteiger partial charge < -0.3 is 33.8 Å². The maximum atomic E-state index is 13.1. The lowest BCUT2D eigenvalue weighted by Crippen LogP contribution is -2.30. The fourth-order valence-corrected chi connectivity index (χ4v) is 15.0. The number of carbonyl (C=O) groups is 4. The largest absolute Gasteiger partial charge is 0.472 e. The van der Waals surface area contributed by atoms with Crippen LogP contribution in [-0.4, -0.2) is 96.7 Å². The Kier molecular flexibility index (Phi) is 74.3. The maximum Gasteiger partial charge on any atom is 0.472 e. The first-order chi connectivity index (χ1) is 51.2. The number of phosphoric ester groups is 2. The minimum absolute atomic E-state index is 0.107. The average molecular weight is 1550 g/mol. The standard InChI is InChI=1S/C87H170O17P2/c1-9-79(7)65-57-49-41-35-29-23-17-13-11-12-14-18-24-30-36-42-51-59-67-84(89)97-73-82(103-86(91)70-62-54-44-38-32-26-20-22-28-34-40-48-56-64-78(5)6)75-101-105(93,94)99-71-81(88)72-100-106(95,96)102-76-83(74-98-85(90)68-60-52-46-45-50-58-66-80(8)10-2)104-87(92)69-61-53-43-37-31-25-19-15-16-21-27-33-39-47-55-63-77(3)4/h77-83,88H,9-76H2,1-8H3,(H,93,94)(H,95,96)/t79?,80?,81-,82-,83-/m1/s1. The number of hydrogen-bond donors (Lipinski definition) is 3. The molecule has 0 saturated carbocycles. The summed E-state index contributed by atoms with van der Waals surface area (Å²) in [7, 11) is -9.93. The molecule has 0 heterocycles. The molecule has 0 amide bonds. The van der Waals surface area contributed by atoms with Crippen molar-refractivity contribution in [1.82, 2.24) is 0 Å². The van der Waals surface area contributed by atoms with E-state index in [4.69, 9.17) is 37.0 Å². The van der Waals surface area contributed by atoms with E-state index in [0.29, 0.717) is 25.7 Å². The smallest absolute Gasteiger partial charge is 0.462 e. The Bertz CT molecular complexity index is 2060. The molecule has 0 spiro atoms. The molecule has 0 bridgehead atoms. The Morgan fingerprint density at radius 1 is 0.264 bits per heavy atom. The number of rotatable bonds is 84. The van der Waals surface area contributed by atoms with Gasteiger partial charge in [0.2, 0.25) is 0 Å². The van der Waals surface area contributed by atoms with E-state index >= 15 is 0 Å². The van der Waals surface area contributed by atoms with E-state index < -0.39 is 97.5 Å². The van der Waals surface area contributed by atoms with Gasteiger partial charge in [-0.3, -0.25) is 37.3 Å². The summed E-state index contributed by atoms with van der Waals surface area (Å²) >= 11 is 0. The summed E-state index contributed by atoms with van der Waals surface area (Å²) in [6.45, 7) is 14.4. The van der Waals surface area contributed by atoms with Crippen LogP contribution in [0.25, 0.3) is 0 Å². The number of hydrogen-bond acceptors (Lipinski definition) is 15. The van der Waals surface area contributed by atoms with Gasteiger partial charge in [-0.05, 0) is 49.4 Å². The van der Waals surface area contributed by atoms with E-state index in [1.165, 1.54) is 250 Å². The Morgan fingerprint density at radius 3 is 0.670 bits per heavy atom. The number of unbranched alkanes of at least 4 members (excludes halogenated alkanes) is 48. The highest BCUT2D eigenvalue weighted by Gasteiger charge is 2.31. The van der Waals surface area contributed by atoms with Gasteiger partial charge in [0, 0.05) is 25.7 Å². The van der Waals surface area contributed by atoms with E-state index in [2.05, 4.69) is 55.4 Å². The lowest BCUT2D eigenvalue weighted by atomic mass is 9.99. The topological polar surface area (TPSA) is 237 Å². The van der Waals surface area contributed by atoms with E-state index in [1.807, 2.05) is 0 Å². The zero-order valence-electron chi connectivity index (χ0n) is 70.1. The monoisotopic (exact) mass is 1550 g/mol. The number of aliphatic hydroxyl groups is 1. The molecule has 0 aliphatic carbocycles. The molecule has 0 aliphatic rings. The first kappa shape index (κ1) is 104. The zero-order chi connectivity index (χ0) is 78.1. The van der Waals surface area contributed by atoms with Gasteiger partial charge in [-0.25, -0.2) is 9.13 Å². The molecule has 630 valence electrons. The van der Waals surface area contributed by atoms with Crippen LogP contribution in [0.5, 0.6) is 0 Å². The summed E-state index contributed by atoms with van der Waals surface area (Å²) in [6.07, 6.45) is 65.3. The molecule has 17 nitrogen and oxygen atoms in total. The van der Waals surface area contributed by atoms with Gasteiger partial charge >= 0.3 is 39.5 Å². The van der Waals surface area contributed by atoms with Gasteiger partial charge in [-0.2, -0.15) is 0 Å². The van der Waals surface area contributed by atoms with Crippen molar-refractivity contribution in [2.75, 3.05) is 39.6 Å². The van der Waals surface area contributed by atoms with Crippen molar-refractivity contribution < 1.29 is 80.2 Å². The summed E-state index contributed by atoms with van der Waals surface area (Å²) in [5, 5.41) is 10.7. The fourth-order valence-electron chi connectivity index (χ4n) is 13.4. The summed E-state index contributed by atoms with van der Waals surface area (Å²) in [4.78, 5) is 73.2. The van der Waals surface area contributed by atoms with Gasteiger partial charge in [0.15, 0.2) is 12.2 Å². The van der Waals surface area contributed by atoms with Crippen LogP contribution in [0.4, 0.5) is 0 Å². The zero-order valence-corrected chi connectivity index (χ0v) is 71.9. The molecule has 0 saturated heterocycles. The molecule has 4 unspecified atom stereocenters. The Balaban J connectivity index is 5.21. The van der Waals surface area contributed by atoms with Crippen LogP contribution in [0.2, 0.25) is 0 Å². The molecule has 106 heavy (non-hydrogen) atoms. The number of aliphatic hydroxyl groups excluding tert-OH is 1. The molecule has 0 aromatic heterocycles. The first-order valence-electron chi connectivity index (χ1n) is 44.8. The van der Waals surface area contributed by atoms with E-state index in [-0.39, 0.29) is 25.7 Å². The van der Waals surface area contributed by atoms with Crippen LogP contribution < -0.4 is 0 Å². The minimum atomic E-state index is -4.97. The van der Waals surface area contributed by atoms with Crippen molar-refractivity contribution >= 4 is 39.5 Å². The van der Waals surface area contributed by atoms with E-state index in [1.54, 1.807) is 0 Å². The van der Waals surface area contributed by atoms with Crippen LogP contribution in [0, 0.1) is 23.7 Å². The van der Waals surface area contributed by atoms with Crippen LogP contribution >= 0.6 is 15.6 Å². The van der Waals surface area contributed by atoms with Crippen molar-refractivity contribution in [2.45, 2.75) is 472 Å². The highest BCUT2D eigenvalue weighted by atomic mass is 31.2. The summed E-state index contributed by atoms with van der Waals surface area (Å²) < 4.78 is 68.9. The third kappa shape index (κ3) is 77.4. The van der Waals surface area contributed by atoms with E-state index in [0.717, 1.165) is 120 Å². The molecule has 0 radical (unpaired) electrons. The second-order valence-electron chi connectivity index (χ2n) is 32.7. The van der Waals surface area contributed by atoms with Crippen LogP contribution in [0.1, 0.15) is 453 Å². The average Bonchev–Trinajstić information content (AvgIpc) is 0.912. The predicted octanol–water partition coefficient (Wildman–Crippen LogP) is 26.3. The highest BCUT2D eigenvalue weighted by molar-refractivity contribution is 7.47. The SMILES string of the molecule is CCC(C)CCCCCCCCCCCCCCCCCCCCC(=O)OC[C@H](COP(=O)(O)OC[C@@H](O)COP(=O)(O)OC[C@@H](COC(=O)CCCCCCCCC(C)CC)OC(=O)CCCCCCCCCCCCCCCCCC(C)C)OC(=O)CCCCCCCCCCCCCCCC(C)C. The maximum absolute atomic E-state index is 13.1. The molecule has 19 heteroatoms. The van der Waals surface area contributed by atoms with Gasteiger partial charge in [-0.1, -0.05) is 402 Å². The number of phosphoric acid groups is 2.